The molecule has 1 aliphatic carbocycles. The molecule has 0 radical (unpaired) electrons. The van der Waals surface area contributed by atoms with Crippen molar-refractivity contribution in [2.45, 2.75) is 77.0 Å². The molecular weight excluding hydrogens is 614 g/mol. The monoisotopic (exact) mass is 661 g/mol. The maximum atomic E-state index is 14.2. The number of rotatable bonds is 9. The van der Waals surface area contributed by atoms with Crippen LogP contribution in [0, 0.1) is 0 Å². The highest BCUT2D eigenvalue weighted by molar-refractivity contribution is 7.88. The second-order valence-corrected chi connectivity index (χ2v) is 15.1. The second kappa shape index (κ2) is 13.9. The molecule has 2 aromatic carbocycles. The van der Waals surface area contributed by atoms with Gasteiger partial charge in [-0.3, -0.25) is 9.59 Å². The number of nitrogens with zero attached hydrogens (tertiary/aromatic N) is 3. The molecule has 252 valence electrons. The van der Waals surface area contributed by atoms with E-state index in [0.29, 0.717) is 37.5 Å². The highest BCUT2D eigenvalue weighted by Gasteiger charge is 2.33. The first-order valence-electron chi connectivity index (χ1n) is 16.9. The number of fused-ring (bicyclic) bond motifs is 5. The van der Waals surface area contributed by atoms with Gasteiger partial charge in [-0.2, -0.15) is 13.1 Å². The van der Waals surface area contributed by atoms with E-state index in [1.807, 2.05) is 62.0 Å². The van der Waals surface area contributed by atoms with Gasteiger partial charge in [-0.25, -0.2) is 4.72 Å². The highest BCUT2D eigenvalue weighted by Crippen LogP contribution is 2.46. The number of amides is 2. The van der Waals surface area contributed by atoms with E-state index in [2.05, 4.69) is 26.1 Å². The van der Waals surface area contributed by atoms with Crippen LogP contribution in [0.25, 0.3) is 28.2 Å². The van der Waals surface area contributed by atoms with Gasteiger partial charge in [-0.05, 0) is 89.0 Å². The Morgan fingerprint density at radius 3 is 2.45 bits per heavy atom. The fourth-order valence-corrected chi connectivity index (χ4v) is 8.36. The third-order valence-electron chi connectivity index (χ3n) is 9.54. The first-order valence-corrected chi connectivity index (χ1v) is 18.4. The smallest absolute Gasteiger partial charge is 0.301 e. The Bertz CT molecular complexity index is 1780. The van der Waals surface area contributed by atoms with Crippen molar-refractivity contribution in [3.8, 4) is 11.3 Å². The highest BCUT2D eigenvalue weighted by atomic mass is 32.2. The Hall–Kier alpha value is -3.51. The molecule has 1 saturated carbocycles. The average Bonchev–Trinajstić information content (AvgIpc) is 3.24. The van der Waals surface area contributed by atoms with Crippen LogP contribution in [-0.4, -0.2) is 87.1 Å². The van der Waals surface area contributed by atoms with Crippen LogP contribution in [0.4, 0.5) is 0 Å². The van der Waals surface area contributed by atoms with Crippen LogP contribution >= 0.6 is 0 Å². The standard InChI is InChI=1S/C36H47N5O5S/c1-24-21-40(22-25(2)46-24)36(43)29-19-27-13-8-9-14-30(27)34-33(26-11-6-5-7-12-26)31-16-15-28(20-32(31)41(34)23-29)35(42)38-47(44,45)37-17-10-18-39(3)4/h8-9,13-16,19-20,24-26,37H,5-7,10-12,17-18,21-23H2,1-4H3,(H,38,42)/t24-,25+. The molecule has 0 spiro atoms. The van der Waals surface area contributed by atoms with Gasteiger partial charge in [0.15, 0.2) is 0 Å². The molecule has 6 rings (SSSR count). The Morgan fingerprint density at radius 1 is 1.00 bits per heavy atom. The molecule has 11 heteroatoms. The number of ether oxygens (including phenoxy) is 1. The lowest BCUT2D eigenvalue weighted by Crippen LogP contribution is -2.48. The maximum absolute atomic E-state index is 14.2. The molecule has 3 aliphatic rings. The average molecular weight is 662 g/mol. The number of carbonyl (C=O) groups excluding carboxylic acids is 2. The summed E-state index contributed by atoms with van der Waals surface area (Å²) in [4.78, 5) is 31.4. The van der Waals surface area contributed by atoms with Crippen molar-refractivity contribution in [3.63, 3.8) is 0 Å². The number of benzene rings is 2. The van der Waals surface area contributed by atoms with E-state index in [4.69, 9.17) is 4.74 Å². The fourth-order valence-electron chi connectivity index (χ4n) is 7.51. The molecule has 2 fully saturated rings. The SMILES string of the molecule is C[C@@H]1CN(C(=O)C2=Cc3ccccc3-c3c(C4CCCCC4)c4ccc(C(=O)NS(=O)(=O)NCCCN(C)C)cc4n3C2)C[C@H](C)O1. The Labute approximate surface area is 278 Å². The van der Waals surface area contributed by atoms with Crippen molar-refractivity contribution in [1.82, 2.24) is 23.8 Å². The van der Waals surface area contributed by atoms with Crippen molar-refractivity contribution < 1.29 is 22.7 Å². The minimum absolute atomic E-state index is 0.0175. The predicted octanol–water partition coefficient (Wildman–Crippen LogP) is 4.90. The van der Waals surface area contributed by atoms with Crippen molar-refractivity contribution in [1.29, 1.82) is 0 Å². The van der Waals surface area contributed by atoms with E-state index < -0.39 is 16.1 Å². The van der Waals surface area contributed by atoms with Crippen molar-refractivity contribution in [2.24, 2.45) is 0 Å². The lowest BCUT2D eigenvalue weighted by Gasteiger charge is -2.35. The summed E-state index contributed by atoms with van der Waals surface area (Å²) in [6.07, 6.45) is 8.24. The quantitative estimate of drug-likeness (QED) is 0.316. The van der Waals surface area contributed by atoms with Gasteiger partial charge in [0.1, 0.15) is 0 Å². The van der Waals surface area contributed by atoms with Gasteiger partial charge in [-0.15, -0.1) is 0 Å². The Morgan fingerprint density at radius 2 is 1.72 bits per heavy atom. The summed E-state index contributed by atoms with van der Waals surface area (Å²) in [5.41, 5.74) is 6.13. The van der Waals surface area contributed by atoms with E-state index in [1.54, 1.807) is 12.1 Å². The number of hydrogen-bond acceptors (Lipinski definition) is 6. The van der Waals surface area contributed by atoms with E-state index in [1.165, 1.54) is 12.0 Å². The number of morpholine rings is 1. The van der Waals surface area contributed by atoms with Crippen LogP contribution in [0.2, 0.25) is 0 Å². The summed E-state index contributed by atoms with van der Waals surface area (Å²) < 4.78 is 38.3. The van der Waals surface area contributed by atoms with Gasteiger partial charge in [-0.1, -0.05) is 49.6 Å². The Balaban J connectivity index is 1.42. The molecular formula is C36H47N5O5S. The number of carbonyl (C=O) groups is 2. The second-order valence-electron chi connectivity index (χ2n) is 13.6. The van der Waals surface area contributed by atoms with E-state index in [-0.39, 0.29) is 30.2 Å². The predicted molar refractivity (Wildman–Crippen MR) is 185 cm³/mol. The number of nitrogens with one attached hydrogen (secondary N) is 2. The van der Waals surface area contributed by atoms with Crippen LogP contribution in [0.5, 0.6) is 0 Å². The topological polar surface area (TPSA) is 113 Å². The molecule has 0 unspecified atom stereocenters. The maximum Gasteiger partial charge on any atom is 0.301 e. The molecule has 2 N–H and O–H groups in total. The van der Waals surface area contributed by atoms with Crippen molar-refractivity contribution >= 4 is 39.0 Å². The first kappa shape index (κ1) is 33.4. The summed E-state index contributed by atoms with van der Waals surface area (Å²) in [5, 5.41) is 1.05. The lowest BCUT2D eigenvalue weighted by molar-refractivity contribution is -0.139. The molecule has 10 nitrogen and oxygen atoms in total. The zero-order valence-electron chi connectivity index (χ0n) is 27.9. The van der Waals surface area contributed by atoms with Gasteiger partial charge in [0.2, 0.25) is 0 Å². The van der Waals surface area contributed by atoms with Gasteiger partial charge in [0, 0.05) is 47.2 Å². The molecule has 47 heavy (non-hydrogen) atoms. The van der Waals surface area contributed by atoms with E-state index in [0.717, 1.165) is 60.0 Å². The zero-order valence-corrected chi connectivity index (χ0v) is 28.7. The van der Waals surface area contributed by atoms with Gasteiger partial charge < -0.3 is 19.1 Å². The van der Waals surface area contributed by atoms with Crippen LogP contribution < -0.4 is 9.44 Å². The van der Waals surface area contributed by atoms with Gasteiger partial charge in [0.05, 0.1) is 24.4 Å². The number of aromatic nitrogens is 1. The molecule has 0 bridgehead atoms. The Kier molecular flexibility index (Phi) is 9.89. The summed E-state index contributed by atoms with van der Waals surface area (Å²) in [7, 11) is -0.198. The minimum Gasteiger partial charge on any atom is -0.372 e. The zero-order chi connectivity index (χ0) is 33.3. The normalized spacial score (nSPS) is 20.4. The molecule has 2 aliphatic heterocycles. The van der Waals surface area contributed by atoms with E-state index >= 15 is 0 Å². The third kappa shape index (κ3) is 7.33. The molecule has 2 amide bonds. The molecule has 2 atom stereocenters. The fraction of sp³-hybridized carbons (Fsp3) is 0.500. The minimum atomic E-state index is -4.04. The van der Waals surface area contributed by atoms with Crippen molar-refractivity contribution in [3.05, 3.63) is 64.7 Å². The van der Waals surface area contributed by atoms with Crippen molar-refractivity contribution in [2.75, 3.05) is 40.3 Å². The summed E-state index contributed by atoms with van der Waals surface area (Å²) in [6.45, 7) is 6.32. The molecule has 1 aromatic heterocycles. The van der Waals surface area contributed by atoms with Gasteiger partial charge >= 0.3 is 10.2 Å². The molecule has 3 aromatic rings. The van der Waals surface area contributed by atoms with Crippen LogP contribution in [-0.2, 0) is 26.3 Å². The lowest BCUT2D eigenvalue weighted by atomic mass is 9.81. The van der Waals surface area contributed by atoms with Gasteiger partial charge in [0.25, 0.3) is 11.8 Å². The summed E-state index contributed by atoms with van der Waals surface area (Å²) in [5.74, 6) is -0.366. The summed E-state index contributed by atoms with van der Waals surface area (Å²) >= 11 is 0. The van der Waals surface area contributed by atoms with Crippen LogP contribution in [0.1, 0.15) is 79.8 Å². The number of hydrogen-bond donors (Lipinski definition) is 2. The van der Waals surface area contributed by atoms with Crippen LogP contribution in [0.3, 0.4) is 0 Å². The first-order chi connectivity index (χ1) is 22.5. The molecule has 3 heterocycles. The third-order valence-corrected chi connectivity index (χ3v) is 10.6. The molecule has 1 saturated heterocycles. The largest absolute Gasteiger partial charge is 0.372 e. The van der Waals surface area contributed by atoms with Crippen LogP contribution in [0.15, 0.2) is 48.0 Å². The summed E-state index contributed by atoms with van der Waals surface area (Å²) in [6, 6.07) is 13.7. The van der Waals surface area contributed by atoms with E-state index in [9.17, 15) is 18.0 Å².